The Bertz CT molecular complexity index is 641. The molecule has 1 saturated carbocycles. The molecule has 0 saturated heterocycles. The van der Waals surface area contributed by atoms with Crippen molar-refractivity contribution in [3.05, 3.63) is 18.2 Å². The summed E-state index contributed by atoms with van der Waals surface area (Å²) >= 11 is 0. The number of hydrogen-bond donors (Lipinski definition) is 2. The predicted octanol–water partition coefficient (Wildman–Crippen LogP) is 4.06. The average molecular weight is 359 g/mol. The molecule has 0 aromatic heterocycles. The quantitative estimate of drug-likeness (QED) is 0.753. The molecule has 0 unspecified atom stereocenters. The van der Waals surface area contributed by atoms with Crippen LogP contribution >= 0.6 is 0 Å². The molecule has 3 rings (SSSR count). The number of hydrogen-bond acceptors (Lipinski definition) is 3. The van der Waals surface area contributed by atoms with Gasteiger partial charge < -0.3 is 20.3 Å². The molecular weight excluding hydrogens is 330 g/mol. The maximum Gasteiger partial charge on any atom is 0.319 e. The van der Waals surface area contributed by atoms with E-state index in [2.05, 4.69) is 17.6 Å². The minimum atomic E-state index is -0.183. The molecule has 1 fully saturated rings. The van der Waals surface area contributed by atoms with Crippen LogP contribution in [0.15, 0.2) is 18.2 Å². The summed E-state index contributed by atoms with van der Waals surface area (Å²) in [6, 6.07) is 5.55. The highest BCUT2D eigenvalue weighted by atomic mass is 16.5. The number of carbonyl (C=O) groups excluding carboxylic acids is 2. The summed E-state index contributed by atoms with van der Waals surface area (Å²) in [6.07, 6.45) is 8.85. The first kappa shape index (κ1) is 18.5. The van der Waals surface area contributed by atoms with Gasteiger partial charge in [0.15, 0.2) is 6.61 Å². The minimum absolute atomic E-state index is 0.0302. The number of fused-ring (bicyclic) bond motifs is 1. The Balaban J connectivity index is 1.65. The first-order valence-electron chi connectivity index (χ1n) is 9.82. The molecule has 0 bridgehead atoms. The van der Waals surface area contributed by atoms with Crippen LogP contribution in [0.5, 0.6) is 5.75 Å². The fraction of sp³-hybridized carbons (Fsp3) is 0.600. The zero-order chi connectivity index (χ0) is 18.4. The van der Waals surface area contributed by atoms with Gasteiger partial charge in [-0.2, -0.15) is 0 Å². The van der Waals surface area contributed by atoms with E-state index in [4.69, 9.17) is 4.74 Å². The smallest absolute Gasteiger partial charge is 0.319 e. The molecule has 6 heteroatoms. The molecule has 0 spiro atoms. The Labute approximate surface area is 155 Å². The molecule has 1 aliphatic carbocycles. The molecule has 1 aromatic rings. The van der Waals surface area contributed by atoms with Gasteiger partial charge in [-0.05, 0) is 37.5 Å². The third-order valence-corrected chi connectivity index (χ3v) is 5.09. The Kier molecular flexibility index (Phi) is 6.36. The SMILES string of the molecule is CCCCCN1C(=O)COc2ccc(NC(=O)NC3CCCCC3)cc21. The van der Waals surface area contributed by atoms with Gasteiger partial charge in [0.1, 0.15) is 5.75 Å². The van der Waals surface area contributed by atoms with Crippen LogP contribution in [-0.2, 0) is 4.79 Å². The number of nitrogens with one attached hydrogen (secondary N) is 2. The van der Waals surface area contributed by atoms with Gasteiger partial charge in [-0.15, -0.1) is 0 Å². The van der Waals surface area contributed by atoms with Crippen molar-refractivity contribution < 1.29 is 14.3 Å². The van der Waals surface area contributed by atoms with Crippen LogP contribution in [0.1, 0.15) is 58.3 Å². The zero-order valence-electron chi connectivity index (χ0n) is 15.6. The Hall–Kier alpha value is -2.24. The van der Waals surface area contributed by atoms with E-state index in [1.54, 1.807) is 4.90 Å². The summed E-state index contributed by atoms with van der Waals surface area (Å²) in [5, 5.41) is 5.95. The van der Waals surface area contributed by atoms with Crippen LogP contribution in [0.25, 0.3) is 0 Å². The lowest BCUT2D eigenvalue weighted by Crippen LogP contribution is -2.40. The fourth-order valence-electron chi connectivity index (χ4n) is 3.64. The molecule has 1 aliphatic heterocycles. The molecule has 0 radical (unpaired) electrons. The molecule has 1 aromatic carbocycles. The standard InChI is InChI=1S/C20H29N3O3/c1-2-3-7-12-23-17-13-16(10-11-18(17)26-14-19(23)24)22-20(25)21-15-8-5-4-6-9-15/h10-11,13,15H,2-9,12,14H2,1H3,(H2,21,22,25). The largest absolute Gasteiger partial charge is 0.482 e. The third-order valence-electron chi connectivity index (χ3n) is 5.09. The van der Waals surface area contributed by atoms with Gasteiger partial charge in [0.25, 0.3) is 5.91 Å². The van der Waals surface area contributed by atoms with E-state index in [1.165, 1.54) is 19.3 Å². The number of ether oxygens (including phenoxy) is 1. The van der Waals surface area contributed by atoms with Crippen LogP contribution in [0.3, 0.4) is 0 Å². The highest BCUT2D eigenvalue weighted by Gasteiger charge is 2.25. The van der Waals surface area contributed by atoms with E-state index >= 15 is 0 Å². The Morgan fingerprint density at radius 1 is 1.23 bits per heavy atom. The van der Waals surface area contributed by atoms with E-state index < -0.39 is 0 Å². The van der Waals surface area contributed by atoms with Gasteiger partial charge in [0, 0.05) is 18.3 Å². The second kappa shape index (κ2) is 8.92. The highest BCUT2D eigenvalue weighted by molar-refractivity contribution is 5.99. The lowest BCUT2D eigenvalue weighted by Gasteiger charge is -2.30. The van der Waals surface area contributed by atoms with E-state index in [0.717, 1.165) is 37.8 Å². The van der Waals surface area contributed by atoms with Crippen molar-refractivity contribution in [3.8, 4) is 5.75 Å². The minimum Gasteiger partial charge on any atom is -0.482 e. The number of rotatable bonds is 6. The van der Waals surface area contributed by atoms with Gasteiger partial charge >= 0.3 is 6.03 Å². The summed E-state index contributed by atoms with van der Waals surface area (Å²) in [4.78, 5) is 26.3. The monoisotopic (exact) mass is 359 g/mol. The van der Waals surface area contributed by atoms with E-state index in [0.29, 0.717) is 18.0 Å². The molecule has 2 N–H and O–H groups in total. The van der Waals surface area contributed by atoms with E-state index in [-0.39, 0.29) is 24.6 Å². The second-order valence-electron chi connectivity index (χ2n) is 7.16. The fourth-order valence-corrected chi connectivity index (χ4v) is 3.64. The van der Waals surface area contributed by atoms with Crippen molar-refractivity contribution in [2.24, 2.45) is 0 Å². The van der Waals surface area contributed by atoms with Gasteiger partial charge in [-0.3, -0.25) is 4.79 Å². The lowest BCUT2D eigenvalue weighted by atomic mass is 9.96. The van der Waals surface area contributed by atoms with E-state index in [1.807, 2.05) is 18.2 Å². The van der Waals surface area contributed by atoms with Crippen LogP contribution < -0.4 is 20.3 Å². The summed E-state index contributed by atoms with van der Waals surface area (Å²) in [5.41, 5.74) is 1.42. The van der Waals surface area contributed by atoms with Crippen LogP contribution in [-0.4, -0.2) is 31.1 Å². The maximum absolute atomic E-state index is 12.3. The molecule has 26 heavy (non-hydrogen) atoms. The molecule has 2 aliphatic rings. The summed E-state index contributed by atoms with van der Waals surface area (Å²) < 4.78 is 5.53. The number of amides is 3. The van der Waals surface area contributed by atoms with Crippen LogP contribution in [0.4, 0.5) is 16.2 Å². The topological polar surface area (TPSA) is 70.7 Å². The number of carbonyl (C=O) groups is 2. The van der Waals surface area contributed by atoms with Crippen molar-refractivity contribution in [2.45, 2.75) is 64.3 Å². The van der Waals surface area contributed by atoms with Crippen molar-refractivity contribution in [1.29, 1.82) is 0 Å². The first-order chi connectivity index (χ1) is 12.7. The molecular formula is C20H29N3O3. The maximum atomic E-state index is 12.3. The summed E-state index contributed by atoms with van der Waals surface area (Å²) in [7, 11) is 0. The van der Waals surface area contributed by atoms with Crippen molar-refractivity contribution in [1.82, 2.24) is 5.32 Å². The average Bonchev–Trinajstić information content (AvgIpc) is 2.64. The first-order valence-corrected chi connectivity index (χ1v) is 9.82. The normalized spacial score (nSPS) is 17.4. The van der Waals surface area contributed by atoms with Gasteiger partial charge in [-0.25, -0.2) is 4.79 Å². The molecule has 142 valence electrons. The predicted molar refractivity (Wildman–Crippen MR) is 103 cm³/mol. The van der Waals surface area contributed by atoms with Crippen molar-refractivity contribution in [3.63, 3.8) is 0 Å². The molecule has 0 atom stereocenters. The second-order valence-corrected chi connectivity index (χ2v) is 7.16. The molecule has 6 nitrogen and oxygen atoms in total. The number of urea groups is 1. The number of anilines is 2. The summed E-state index contributed by atoms with van der Waals surface area (Å²) in [5.74, 6) is 0.664. The van der Waals surface area contributed by atoms with Gasteiger partial charge in [0.05, 0.1) is 5.69 Å². The summed E-state index contributed by atoms with van der Waals surface area (Å²) in [6.45, 7) is 2.90. The Morgan fingerprint density at radius 3 is 2.81 bits per heavy atom. The Morgan fingerprint density at radius 2 is 2.04 bits per heavy atom. The third kappa shape index (κ3) is 4.68. The highest BCUT2D eigenvalue weighted by Crippen LogP contribution is 2.34. The number of nitrogens with zero attached hydrogens (tertiary/aromatic N) is 1. The van der Waals surface area contributed by atoms with Crippen molar-refractivity contribution >= 4 is 23.3 Å². The van der Waals surface area contributed by atoms with Crippen molar-refractivity contribution in [2.75, 3.05) is 23.4 Å². The van der Waals surface area contributed by atoms with Crippen LogP contribution in [0, 0.1) is 0 Å². The van der Waals surface area contributed by atoms with Crippen LogP contribution in [0.2, 0.25) is 0 Å². The van der Waals surface area contributed by atoms with Gasteiger partial charge in [-0.1, -0.05) is 39.0 Å². The number of benzene rings is 1. The van der Waals surface area contributed by atoms with Gasteiger partial charge in [0.2, 0.25) is 0 Å². The van der Waals surface area contributed by atoms with E-state index in [9.17, 15) is 9.59 Å². The number of unbranched alkanes of at least 4 members (excludes halogenated alkanes) is 2. The molecule has 3 amide bonds. The lowest BCUT2D eigenvalue weighted by molar-refractivity contribution is -0.121. The molecule has 1 heterocycles. The zero-order valence-corrected chi connectivity index (χ0v) is 15.6.